The normalized spacial score (nSPS) is 10.1. The number of nitrogens with zero attached hydrogens (tertiary/aromatic N) is 1. The van der Waals surface area contributed by atoms with E-state index in [0.717, 1.165) is 0 Å². The van der Waals surface area contributed by atoms with Gasteiger partial charge in [-0.3, -0.25) is 0 Å². The molecular weight excluding hydrogens is 208 g/mol. The number of carboxylic acids is 1. The number of methoxy groups -OCH3 is 1. The van der Waals surface area contributed by atoms with Crippen molar-refractivity contribution < 1.29 is 14.6 Å². The molecule has 5 nitrogen and oxygen atoms in total. The second kappa shape index (κ2) is 4.06. The number of aromatic carboxylic acids is 1. The topological polar surface area (TPSA) is 75.2 Å². The molecule has 0 atom stereocenters. The average molecular weight is 218 g/mol. The van der Waals surface area contributed by atoms with Crippen molar-refractivity contribution in [3.05, 3.63) is 36.3 Å². The van der Waals surface area contributed by atoms with Crippen molar-refractivity contribution in [2.45, 2.75) is 0 Å². The van der Waals surface area contributed by atoms with E-state index in [9.17, 15) is 4.79 Å². The Morgan fingerprint density at radius 2 is 2.31 bits per heavy atom. The van der Waals surface area contributed by atoms with Gasteiger partial charge in [0, 0.05) is 5.56 Å². The van der Waals surface area contributed by atoms with Gasteiger partial charge in [0.2, 0.25) is 0 Å². The van der Waals surface area contributed by atoms with Crippen LogP contribution in [0.2, 0.25) is 0 Å². The maximum atomic E-state index is 10.9. The smallest absolute Gasteiger partial charge is 0.354 e. The van der Waals surface area contributed by atoms with E-state index < -0.39 is 5.97 Å². The van der Waals surface area contributed by atoms with Gasteiger partial charge in [-0.2, -0.15) is 0 Å². The first-order valence-corrected chi connectivity index (χ1v) is 4.63. The lowest BCUT2D eigenvalue weighted by molar-refractivity contribution is 0.0692. The fourth-order valence-corrected chi connectivity index (χ4v) is 1.45. The summed E-state index contributed by atoms with van der Waals surface area (Å²) < 4.78 is 5.07. The molecule has 0 unspecified atom stereocenters. The van der Waals surface area contributed by atoms with Gasteiger partial charge in [-0.25, -0.2) is 9.78 Å². The summed E-state index contributed by atoms with van der Waals surface area (Å²) in [6, 6.07) is 7.10. The number of H-pyrrole nitrogens is 1. The van der Waals surface area contributed by atoms with E-state index in [-0.39, 0.29) is 5.69 Å². The summed E-state index contributed by atoms with van der Waals surface area (Å²) in [5.74, 6) is -0.368. The number of ether oxygens (including phenoxy) is 1. The van der Waals surface area contributed by atoms with Crippen LogP contribution in [-0.2, 0) is 0 Å². The van der Waals surface area contributed by atoms with Gasteiger partial charge in [-0.05, 0) is 12.1 Å². The Hall–Kier alpha value is -2.30. The summed E-state index contributed by atoms with van der Waals surface area (Å²) >= 11 is 0. The minimum atomic E-state index is -1.03. The van der Waals surface area contributed by atoms with Crippen LogP contribution in [0.5, 0.6) is 5.75 Å². The fraction of sp³-hybridized carbons (Fsp3) is 0.0909. The van der Waals surface area contributed by atoms with Gasteiger partial charge in [0.15, 0.2) is 5.69 Å². The molecule has 0 fully saturated rings. The molecule has 0 bridgehead atoms. The summed E-state index contributed by atoms with van der Waals surface area (Å²) in [4.78, 5) is 17.5. The SMILES string of the molecule is COc1cccc(-c2nc[nH]c2C(=O)O)c1. The number of carbonyl (C=O) groups is 1. The maximum absolute atomic E-state index is 10.9. The monoisotopic (exact) mass is 218 g/mol. The maximum Gasteiger partial charge on any atom is 0.354 e. The number of nitrogens with one attached hydrogen (secondary N) is 1. The van der Waals surface area contributed by atoms with Crippen LogP contribution in [0.3, 0.4) is 0 Å². The third-order valence-corrected chi connectivity index (χ3v) is 2.20. The van der Waals surface area contributed by atoms with Gasteiger partial charge in [-0.1, -0.05) is 12.1 Å². The Bertz CT molecular complexity index is 519. The van der Waals surface area contributed by atoms with Crippen LogP contribution in [0.25, 0.3) is 11.3 Å². The summed E-state index contributed by atoms with van der Waals surface area (Å²) in [6.45, 7) is 0. The molecule has 1 aromatic heterocycles. The summed E-state index contributed by atoms with van der Waals surface area (Å²) in [5, 5.41) is 8.94. The predicted octanol–water partition coefficient (Wildman–Crippen LogP) is 1.78. The van der Waals surface area contributed by atoms with Crippen LogP contribution in [0, 0.1) is 0 Å². The summed E-state index contributed by atoms with van der Waals surface area (Å²) in [5.41, 5.74) is 1.19. The molecule has 0 amide bonds. The van der Waals surface area contributed by atoms with Crippen molar-refractivity contribution in [3.8, 4) is 17.0 Å². The molecule has 0 spiro atoms. The van der Waals surface area contributed by atoms with Gasteiger partial charge in [-0.15, -0.1) is 0 Å². The molecule has 5 heteroatoms. The van der Waals surface area contributed by atoms with E-state index in [2.05, 4.69) is 9.97 Å². The van der Waals surface area contributed by atoms with Crippen molar-refractivity contribution in [1.29, 1.82) is 0 Å². The van der Waals surface area contributed by atoms with Crippen LogP contribution in [0.15, 0.2) is 30.6 Å². The highest BCUT2D eigenvalue weighted by atomic mass is 16.5. The Kier molecular flexibility index (Phi) is 2.59. The zero-order valence-electron chi connectivity index (χ0n) is 8.60. The lowest BCUT2D eigenvalue weighted by atomic mass is 10.1. The Labute approximate surface area is 91.7 Å². The van der Waals surface area contributed by atoms with Gasteiger partial charge in [0.1, 0.15) is 11.4 Å². The molecule has 0 radical (unpaired) electrons. The van der Waals surface area contributed by atoms with Crippen molar-refractivity contribution >= 4 is 5.97 Å². The predicted molar refractivity (Wildman–Crippen MR) is 57.5 cm³/mol. The second-order valence-electron chi connectivity index (χ2n) is 3.16. The van der Waals surface area contributed by atoms with Gasteiger partial charge in [0.05, 0.1) is 13.4 Å². The third-order valence-electron chi connectivity index (χ3n) is 2.20. The molecule has 1 heterocycles. The molecule has 82 valence electrons. The molecule has 0 saturated carbocycles. The molecule has 2 rings (SSSR count). The first kappa shape index (κ1) is 10.2. The minimum absolute atomic E-state index is 0.0771. The quantitative estimate of drug-likeness (QED) is 0.823. The van der Waals surface area contributed by atoms with E-state index in [1.54, 1.807) is 31.4 Å². The molecule has 0 saturated heterocycles. The van der Waals surface area contributed by atoms with Crippen molar-refractivity contribution in [2.75, 3.05) is 7.11 Å². The average Bonchev–Trinajstić information content (AvgIpc) is 2.78. The third kappa shape index (κ3) is 1.75. The van der Waals surface area contributed by atoms with Crippen LogP contribution in [0.4, 0.5) is 0 Å². The first-order valence-electron chi connectivity index (χ1n) is 4.63. The lowest BCUT2D eigenvalue weighted by Gasteiger charge is -2.02. The number of benzene rings is 1. The highest BCUT2D eigenvalue weighted by Gasteiger charge is 2.14. The lowest BCUT2D eigenvalue weighted by Crippen LogP contribution is -1.99. The summed E-state index contributed by atoms with van der Waals surface area (Å²) in [7, 11) is 1.56. The van der Waals surface area contributed by atoms with E-state index in [1.807, 2.05) is 0 Å². The number of imidazole rings is 1. The number of rotatable bonds is 3. The largest absolute Gasteiger partial charge is 0.497 e. The summed E-state index contributed by atoms with van der Waals surface area (Å²) in [6.07, 6.45) is 1.36. The van der Waals surface area contributed by atoms with E-state index >= 15 is 0 Å². The second-order valence-corrected chi connectivity index (χ2v) is 3.16. The zero-order valence-corrected chi connectivity index (χ0v) is 8.60. The highest BCUT2D eigenvalue weighted by molar-refractivity contribution is 5.92. The Morgan fingerprint density at radius 1 is 1.50 bits per heavy atom. The van der Waals surface area contributed by atoms with Crippen molar-refractivity contribution in [1.82, 2.24) is 9.97 Å². The van der Waals surface area contributed by atoms with Gasteiger partial charge in [0.25, 0.3) is 0 Å². The Balaban J connectivity index is 2.50. The van der Waals surface area contributed by atoms with Crippen LogP contribution < -0.4 is 4.74 Å². The molecule has 16 heavy (non-hydrogen) atoms. The zero-order chi connectivity index (χ0) is 11.5. The highest BCUT2D eigenvalue weighted by Crippen LogP contribution is 2.24. The van der Waals surface area contributed by atoms with Crippen LogP contribution >= 0.6 is 0 Å². The van der Waals surface area contributed by atoms with Crippen molar-refractivity contribution in [2.24, 2.45) is 0 Å². The van der Waals surface area contributed by atoms with Gasteiger partial charge >= 0.3 is 5.97 Å². The van der Waals surface area contributed by atoms with E-state index in [1.165, 1.54) is 6.33 Å². The minimum Gasteiger partial charge on any atom is -0.497 e. The fourth-order valence-electron chi connectivity index (χ4n) is 1.45. The number of aromatic amines is 1. The molecule has 2 N–H and O–H groups in total. The van der Waals surface area contributed by atoms with E-state index in [0.29, 0.717) is 17.0 Å². The molecule has 0 aliphatic rings. The molecule has 0 aliphatic heterocycles. The number of carboxylic acid groups (broad SMARTS) is 1. The van der Waals surface area contributed by atoms with Crippen molar-refractivity contribution in [3.63, 3.8) is 0 Å². The van der Waals surface area contributed by atoms with E-state index in [4.69, 9.17) is 9.84 Å². The first-order chi connectivity index (χ1) is 7.72. The standard InChI is InChI=1S/C11H10N2O3/c1-16-8-4-2-3-7(5-8)9-10(11(14)15)13-6-12-9/h2-6H,1H3,(H,12,13)(H,14,15). The van der Waals surface area contributed by atoms with Gasteiger partial charge < -0.3 is 14.8 Å². The molecule has 0 aliphatic carbocycles. The Morgan fingerprint density at radius 3 is 3.00 bits per heavy atom. The molecular formula is C11H10N2O3. The van der Waals surface area contributed by atoms with Crippen LogP contribution in [-0.4, -0.2) is 28.2 Å². The van der Waals surface area contributed by atoms with Crippen LogP contribution in [0.1, 0.15) is 10.5 Å². The molecule has 2 aromatic rings. The number of hydrogen-bond donors (Lipinski definition) is 2. The number of aromatic nitrogens is 2. The number of hydrogen-bond acceptors (Lipinski definition) is 3. The molecule has 1 aromatic carbocycles.